The third-order valence-electron chi connectivity index (χ3n) is 4.40. The number of alkyl halides is 3. The summed E-state index contributed by atoms with van der Waals surface area (Å²) in [6, 6.07) is 7.19. The standard InChI is InChI=1S/C19H25F3N2O3/c1-15(25)3-4-16-5-7-17(8-6-16)27-13-18(26)24-10-2-9-23(11-12-24)14-19(20,21)22/h5-8H,2-4,9-14H2,1H3. The van der Waals surface area contributed by atoms with Crippen LogP contribution >= 0.6 is 0 Å². The van der Waals surface area contributed by atoms with Crippen molar-refractivity contribution in [2.45, 2.75) is 32.4 Å². The van der Waals surface area contributed by atoms with Crippen molar-refractivity contribution in [3.05, 3.63) is 29.8 Å². The molecule has 0 saturated carbocycles. The van der Waals surface area contributed by atoms with Gasteiger partial charge in [-0.15, -0.1) is 0 Å². The maximum absolute atomic E-state index is 12.5. The number of ketones is 1. The molecule has 0 aliphatic carbocycles. The summed E-state index contributed by atoms with van der Waals surface area (Å²) in [6.07, 6.45) is -2.57. The minimum atomic E-state index is -4.22. The molecule has 1 aliphatic heterocycles. The zero-order valence-corrected chi connectivity index (χ0v) is 15.4. The predicted octanol–water partition coefficient (Wildman–Crippen LogP) is 2.68. The monoisotopic (exact) mass is 386 g/mol. The molecule has 0 spiro atoms. The summed E-state index contributed by atoms with van der Waals surface area (Å²) in [5.41, 5.74) is 1.01. The fourth-order valence-corrected chi connectivity index (χ4v) is 2.94. The molecular formula is C19H25F3N2O3. The average molecular weight is 386 g/mol. The van der Waals surface area contributed by atoms with E-state index in [-0.39, 0.29) is 31.4 Å². The third-order valence-corrected chi connectivity index (χ3v) is 4.40. The Bertz CT molecular complexity index is 632. The average Bonchev–Trinajstić information content (AvgIpc) is 2.82. The Hall–Kier alpha value is -2.09. The third kappa shape index (κ3) is 7.99. The largest absolute Gasteiger partial charge is 0.484 e. The van der Waals surface area contributed by atoms with Crippen molar-refractivity contribution >= 4 is 11.7 Å². The molecular weight excluding hydrogens is 361 g/mol. The lowest BCUT2D eigenvalue weighted by Gasteiger charge is -2.22. The van der Waals surface area contributed by atoms with Gasteiger partial charge in [-0.05, 0) is 37.5 Å². The number of rotatable bonds is 7. The number of hydrogen-bond acceptors (Lipinski definition) is 4. The molecule has 0 radical (unpaired) electrons. The Balaban J connectivity index is 1.77. The number of benzene rings is 1. The van der Waals surface area contributed by atoms with Gasteiger partial charge in [0.2, 0.25) is 0 Å². The van der Waals surface area contributed by atoms with Crippen LogP contribution in [-0.4, -0.2) is 67.0 Å². The molecule has 0 N–H and O–H groups in total. The molecule has 1 aromatic carbocycles. The first-order valence-electron chi connectivity index (χ1n) is 9.01. The second-order valence-corrected chi connectivity index (χ2v) is 6.76. The van der Waals surface area contributed by atoms with Crippen LogP contribution in [0.25, 0.3) is 0 Å². The number of carbonyl (C=O) groups excluding carboxylic acids is 2. The molecule has 0 unspecified atom stereocenters. The number of halogens is 3. The molecule has 1 heterocycles. The van der Waals surface area contributed by atoms with Crippen LogP contribution in [0.3, 0.4) is 0 Å². The molecule has 27 heavy (non-hydrogen) atoms. The van der Waals surface area contributed by atoms with E-state index in [1.54, 1.807) is 24.0 Å². The maximum Gasteiger partial charge on any atom is 0.401 e. The highest BCUT2D eigenvalue weighted by atomic mass is 19.4. The number of carbonyl (C=O) groups is 2. The van der Waals surface area contributed by atoms with Crippen LogP contribution in [-0.2, 0) is 16.0 Å². The lowest BCUT2D eigenvalue weighted by atomic mass is 10.1. The molecule has 1 aliphatic rings. The van der Waals surface area contributed by atoms with Crippen LogP contribution in [0, 0.1) is 0 Å². The molecule has 1 fully saturated rings. The number of aryl methyl sites for hydroxylation is 1. The molecule has 2 rings (SSSR count). The van der Waals surface area contributed by atoms with Crippen LogP contribution in [0.2, 0.25) is 0 Å². The van der Waals surface area contributed by atoms with Gasteiger partial charge in [-0.3, -0.25) is 9.69 Å². The Morgan fingerprint density at radius 1 is 1.07 bits per heavy atom. The first-order chi connectivity index (χ1) is 12.7. The van der Waals surface area contributed by atoms with Crippen molar-refractivity contribution in [3.63, 3.8) is 0 Å². The first kappa shape index (κ1) is 21.2. The zero-order chi connectivity index (χ0) is 19.9. The van der Waals surface area contributed by atoms with Gasteiger partial charge in [-0.25, -0.2) is 0 Å². The predicted molar refractivity (Wildman–Crippen MR) is 94.6 cm³/mol. The van der Waals surface area contributed by atoms with Gasteiger partial charge in [0.25, 0.3) is 5.91 Å². The zero-order valence-electron chi connectivity index (χ0n) is 15.4. The molecule has 0 aromatic heterocycles. The topological polar surface area (TPSA) is 49.9 Å². The molecule has 1 amide bonds. The second kappa shape index (κ2) is 9.73. The van der Waals surface area contributed by atoms with Crippen LogP contribution < -0.4 is 4.74 Å². The highest BCUT2D eigenvalue weighted by molar-refractivity contribution is 5.77. The minimum absolute atomic E-state index is 0.132. The quantitative estimate of drug-likeness (QED) is 0.723. The van der Waals surface area contributed by atoms with Crippen molar-refractivity contribution in [2.75, 3.05) is 39.3 Å². The summed E-state index contributed by atoms with van der Waals surface area (Å²) >= 11 is 0. The summed E-state index contributed by atoms with van der Waals surface area (Å²) in [6.45, 7) is 1.69. The second-order valence-electron chi connectivity index (χ2n) is 6.76. The van der Waals surface area contributed by atoms with E-state index >= 15 is 0 Å². The van der Waals surface area contributed by atoms with Gasteiger partial charge in [-0.1, -0.05) is 12.1 Å². The van der Waals surface area contributed by atoms with E-state index in [4.69, 9.17) is 4.74 Å². The van der Waals surface area contributed by atoms with Gasteiger partial charge < -0.3 is 14.4 Å². The van der Waals surface area contributed by atoms with Gasteiger partial charge in [-0.2, -0.15) is 13.2 Å². The first-order valence-corrected chi connectivity index (χ1v) is 9.01. The van der Waals surface area contributed by atoms with Gasteiger partial charge >= 0.3 is 6.18 Å². The van der Waals surface area contributed by atoms with Gasteiger partial charge in [0.1, 0.15) is 11.5 Å². The van der Waals surface area contributed by atoms with E-state index in [0.29, 0.717) is 38.1 Å². The normalized spacial score (nSPS) is 16.1. The lowest BCUT2D eigenvalue weighted by Crippen LogP contribution is -2.40. The van der Waals surface area contributed by atoms with Gasteiger partial charge in [0.05, 0.1) is 6.54 Å². The van der Waals surface area contributed by atoms with E-state index in [1.807, 2.05) is 12.1 Å². The minimum Gasteiger partial charge on any atom is -0.484 e. The lowest BCUT2D eigenvalue weighted by molar-refractivity contribution is -0.145. The molecule has 5 nitrogen and oxygen atoms in total. The van der Waals surface area contributed by atoms with Crippen molar-refractivity contribution in [2.24, 2.45) is 0 Å². The van der Waals surface area contributed by atoms with Crippen molar-refractivity contribution in [3.8, 4) is 5.75 Å². The summed E-state index contributed by atoms with van der Waals surface area (Å²) in [5.74, 6) is 0.445. The molecule has 0 atom stereocenters. The van der Waals surface area contributed by atoms with E-state index in [1.165, 1.54) is 4.90 Å². The number of nitrogens with zero attached hydrogens (tertiary/aromatic N) is 2. The van der Waals surface area contributed by atoms with Crippen LogP contribution in [0.15, 0.2) is 24.3 Å². The molecule has 1 aromatic rings. The van der Waals surface area contributed by atoms with E-state index in [9.17, 15) is 22.8 Å². The number of amides is 1. The Labute approximate surface area is 157 Å². The highest BCUT2D eigenvalue weighted by Gasteiger charge is 2.31. The summed E-state index contributed by atoms with van der Waals surface area (Å²) in [4.78, 5) is 26.2. The molecule has 8 heteroatoms. The molecule has 0 bridgehead atoms. The highest BCUT2D eigenvalue weighted by Crippen LogP contribution is 2.18. The Morgan fingerprint density at radius 3 is 2.41 bits per heavy atom. The summed E-state index contributed by atoms with van der Waals surface area (Å²) < 4.78 is 43.0. The van der Waals surface area contributed by atoms with Gasteiger partial charge in [0.15, 0.2) is 6.61 Å². The van der Waals surface area contributed by atoms with Crippen molar-refractivity contribution in [1.82, 2.24) is 9.80 Å². The summed E-state index contributed by atoms with van der Waals surface area (Å²) in [5, 5.41) is 0. The molecule has 150 valence electrons. The SMILES string of the molecule is CC(=O)CCc1ccc(OCC(=O)N2CCCN(CC(F)(F)F)CC2)cc1. The molecule has 1 saturated heterocycles. The number of Topliss-reactive ketones (excluding diaryl/α,β-unsaturated/α-hetero) is 1. The van der Waals surface area contributed by atoms with Gasteiger partial charge in [0, 0.05) is 32.6 Å². The fraction of sp³-hybridized carbons (Fsp3) is 0.579. The Kier molecular flexibility index (Phi) is 7.65. The van der Waals surface area contributed by atoms with Crippen molar-refractivity contribution in [1.29, 1.82) is 0 Å². The van der Waals surface area contributed by atoms with Crippen LogP contribution in [0.1, 0.15) is 25.3 Å². The van der Waals surface area contributed by atoms with Crippen LogP contribution in [0.5, 0.6) is 5.75 Å². The van der Waals surface area contributed by atoms with E-state index in [2.05, 4.69) is 0 Å². The number of ether oxygens (including phenoxy) is 1. The number of hydrogen-bond donors (Lipinski definition) is 0. The van der Waals surface area contributed by atoms with E-state index in [0.717, 1.165) is 5.56 Å². The smallest absolute Gasteiger partial charge is 0.401 e. The van der Waals surface area contributed by atoms with E-state index < -0.39 is 12.7 Å². The van der Waals surface area contributed by atoms with Crippen LogP contribution in [0.4, 0.5) is 13.2 Å². The Morgan fingerprint density at radius 2 is 1.78 bits per heavy atom. The fourth-order valence-electron chi connectivity index (χ4n) is 2.94. The maximum atomic E-state index is 12.5. The van der Waals surface area contributed by atoms with Crippen molar-refractivity contribution < 1.29 is 27.5 Å². The summed E-state index contributed by atoms with van der Waals surface area (Å²) in [7, 11) is 0.